The fourth-order valence-electron chi connectivity index (χ4n) is 2.12. The maximum absolute atomic E-state index is 12.1. The summed E-state index contributed by atoms with van der Waals surface area (Å²) in [7, 11) is 4.49. The molecule has 0 radical (unpaired) electrons. The lowest BCUT2D eigenvalue weighted by atomic mass is 10.1. The van der Waals surface area contributed by atoms with Gasteiger partial charge in [-0.3, -0.25) is 4.79 Å². The molecule has 9 heteroatoms. The zero-order valence-corrected chi connectivity index (χ0v) is 13.9. The van der Waals surface area contributed by atoms with Crippen LogP contribution in [0, 0.1) is 0 Å². The molecule has 9 nitrogen and oxygen atoms in total. The van der Waals surface area contributed by atoms with Gasteiger partial charge < -0.3 is 24.6 Å². The third-order valence-electron chi connectivity index (χ3n) is 3.33. The average molecular weight is 347 g/mol. The van der Waals surface area contributed by atoms with E-state index >= 15 is 0 Å². The molecular formula is C16H17N3O6. The van der Waals surface area contributed by atoms with Crippen LogP contribution in [-0.4, -0.2) is 48.3 Å². The number of carboxylic acid groups (broad SMARTS) is 1. The predicted octanol–water partition coefficient (Wildman–Crippen LogP) is 1.13. The van der Waals surface area contributed by atoms with E-state index in [0.29, 0.717) is 22.8 Å². The van der Waals surface area contributed by atoms with Gasteiger partial charge in [0.1, 0.15) is 5.69 Å². The van der Waals surface area contributed by atoms with Crippen LogP contribution in [0.4, 0.5) is 0 Å². The van der Waals surface area contributed by atoms with E-state index in [1.165, 1.54) is 21.3 Å². The maximum atomic E-state index is 12.1. The van der Waals surface area contributed by atoms with Crippen molar-refractivity contribution >= 4 is 11.9 Å². The molecule has 0 saturated carbocycles. The van der Waals surface area contributed by atoms with Gasteiger partial charge in [-0.25, -0.2) is 14.8 Å². The summed E-state index contributed by atoms with van der Waals surface area (Å²) in [6, 6.07) is 3.43. The molecule has 0 saturated heterocycles. The molecule has 0 spiro atoms. The second kappa shape index (κ2) is 7.95. The van der Waals surface area contributed by atoms with Crippen LogP contribution >= 0.6 is 0 Å². The maximum Gasteiger partial charge on any atom is 0.356 e. The van der Waals surface area contributed by atoms with E-state index in [4.69, 9.17) is 19.3 Å². The number of hydrogen-bond donors (Lipinski definition) is 2. The lowest BCUT2D eigenvalue weighted by Crippen LogP contribution is -2.24. The fraction of sp³-hybridized carbons (Fsp3) is 0.250. The summed E-state index contributed by atoms with van der Waals surface area (Å²) in [4.78, 5) is 30.3. The number of nitrogens with zero attached hydrogens (tertiary/aromatic N) is 2. The number of ether oxygens (including phenoxy) is 3. The Morgan fingerprint density at radius 2 is 1.64 bits per heavy atom. The van der Waals surface area contributed by atoms with E-state index in [2.05, 4.69) is 15.3 Å². The van der Waals surface area contributed by atoms with Crippen LogP contribution in [0.3, 0.4) is 0 Å². The van der Waals surface area contributed by atoms with Crippen molar-refractivity contribution in [1.29, 1.82) is 0 Å². The van der Waals surface area contributed by atoms with Crippen molar-refractivity contribution in [1.82, 2.24) is 15.3 Å². The summed E-state index contributed by atoms with van der Waals surface area (Å²) in [6.45, 7) is 0.144. The third kappa shape index (κ3) is 3.94. The molecule has 2 N–H and O–H groups in total. The molecule has 25 heavy (non-hydrogen) atoms. The number of hydrogen-bond acceptors (Lipinski definition) is 7. The predicted molar refractivity (Wildman–Crippen MR) is 86.3 cm³/mol. The van der Waals surface area contributed by atoms with Crippen molar-refractivity contribution in [2.24, 2.45) is 0 Å². The smallest absolute Gasteiger partial charge is 0.356 e. The van der Waals surface area contributed by atoms with Gasteiger partial charge in [0, 0.05) is 12.1 Å². The molecule has 1 aromatic carbocycles. The number of carbonyl (C=O) groups is 2. The van der Waals surface area contributed by atoms with E-state index in [1.807, 2.05) is 0 Å². The van der Waals surface area contributed by atoms with Gasteiger partial charge in [0.15, 0.2) is 17.2 Å². The zero-order chi connectivity index (χ0) is 18.4. The minimum absolute atomic E-state index is 0.00411. The highest BCUT2D eigenvalue weighted by Gasteiger charge is 2.17. The van der Waals surface area contributed by atoms with E-state index in [0.717, 1.165) is 12.4 Å². The molecule has 1 heterocycles. The Bertz CT molecular complexity index is 776. The fourth-order valence-corrected chi connectivity index (χ4v) is 2.12. The van der Waals surface area contributed by atoms with Crippen molar-refractivity contribution in [3.8, 4) is 17.2 Å². The summed E-state index contributed by atoms with van der Waals surface area (Å²) >= 11 is 0. The van der Waals surface area contributed by atoms with Gasteiger partial charge >= 0.3 is 5.97 Å². The quantitative estimate of drug-likeness (QED) is 0.765. The Kier molecular flexibility index (Phi) is 5.72. The Labute approximate surface area is 143 Å². The molecule has 2 aromatic rings. The van der Waals surface area contributed by atoms with E-state index in [1.54, 1.807) is 12.1 Å². The highest BCUT2D eigenvalue weighted by Crippen LogP contribution is 2.39. The second-order valence-electron chi connectivity index (χ2n) is 4.77. The molecule has 0 aliphatic heterocycles. The van der Waals surface area contributed by atoms with Gasteiger partial charge in [0.25, 0.3) is 5.91 Å². The summed E-state index contributed by atoms with van der Waals surface area (Å²) in [5, 5.41) is 11.4. The Morgan fingerprint density at radius 1 is 1.00 bits per heavy atom. The Hall–Kier alpha value is -3.36. The molecule has 0 bridgehead atoms. The molecule has 2 rings (SSSR count). The standard InChI is InChI=1S/C16H17N3O6/c1-23-12-5-4-9(13(24-2)14(12)25-3)6-19-15(20)10-7-18-11(8-17-10)16(21)22/h4-5,7-8H,6H2,1-3H3,(H,19,20)(H,21,22). The molecule has 0 atom stereocenters. The van der Waals surface area contributed by atoms with Gasteiger partial charge in [-0.1, -0.05) is 0 Å². The van der Waals surface area contributed by atoms with E-state index in [-0.39, 0.29) is 17.9 Å². The number of benzene rings is 1. The van der Waals surface area contributed by atoms with Crippen LogP contribution in [-0.2, 0) is 6.54 Å². The number of rotatable bonds is 7. The molecule has 0 aliphatic carbocycles. The van der Waals surface area contributed by atoms with Crippen molar-refractivity contribution in [3.63, 3.8) is 0 Å². The zero-order valence-electron chi connectivity index (χ0n) is 13.9. The highest BCUT2D eigenvalue weighted by atomic mass is 16.5. The largest absolute Gasteiger partial charge is 0.493 e. The first-order valence-corrected chi connectivity index (χ1v) is 7.13. The van der Waals surface area contributed by atoms with Crippen molar-refractivity contribution < 1.29 is 28.9 Å². The number of aromatic nitrogens is 2. The number of carbonyl (C=O) groups excluding carboxylic acids is 1. The summed E-state index contributed by atoms with van der Waals surface area (Å²) in [5.41, 5.74) is 0.436. The lowest BCUT2D eigenvalue weighted by molar-refractivity contribution is 0.0689. The summed E-state index contributed by atoms with van der Waals surface area (Å²) < 4.78 is 15.8. The summed E-state index contributed by atoms with van der Waals surface area (Å²) in [5.74, 6) is -0.350. The number of amides is 1. The average Bonchev–Trinajstić information content (AvgIpc) is 2.64. The third-order valence-corrected chi connectivity index (χ3v) is 3.33. The first kappa shape index (κ1) is 18.0. The van der Waals surface area contributed by atoms with Crippen molar-refractivity contribution in [3.05, 3.63) is 41.5 Å². The lowest BCUT2D eigenvalue weighted by Gasteiger charge is -2.16. The van der Waals surface area contributed by atoms with Gasteiger partial charge in [0.05, 0.1) is 33.7 Å². The van der Waals surface area contributed by atoms with Gasteiger partial charge in [0.2, 0.25) is 5.75 Å². The first-order valence-electron chi connectivity index (χ1n) is 7.13. The van der Waals surface area contributed by atoms with Crippen molar-refractivity contribution in [2.75, 3.05) is 21.3 Å². The van der Waals surface area contributed by atoms with Gasteiger partial charge in [-0.05, 0) is 12.1 Å². The van der Waals surface area contributed by atoms with Crippen LogP contribution in [0.2, 0.25) is 0 Å². The number of nitrogens with one attached hydrogen (secondary N) is 1. The molecule has 0 aliphatic rings. The van der Waals surface area contributed by atoms with E-state index < -0.39 is 11.9 Å². The minimum Gasteiger partial charge on any atom is -0.493 e. The second-order valence-corrected chi connectivity index (χ2v) is 4.77. The molecule has 0 unspecified atom stereocenters. The van der Waals surface area contributed by atoms with Crippen LogP contribution in [0.1, 0.15) is 26.5 Å². The SMILES string of the molecule is COc1ccc(CNC(=O)c2cnc(C(=O)O)cn2)c(OC)c1OC. The molecular weight excluding hydrogens is 330 g/mol. The number of methoxy groups -OCH3 is 3. The van der Waals surface area contributed by atoms with Gasteiger partial charge in [-0.2, -0.15) is 0 Å². The summed E-state index contributed by atoms with van der Waals surface area (Å²) in [6.07, 6.45) is 2.12. The number of aromatic carboxylic acids is 1. The molecule has 1 aromatic heterocycles. The molecule has 0 fully saturated rings. The van der Waals surface area contributed by atoms with Crippen LogP contribution < -0.4 is 19.5 Å². The van der Waals surface area contributed by atoms with Crippen molar-refractivity contribution in [2.45, 2.75) is 6.54 Å². The van der Waals surface area contributed by atoms with Crippen LogP contribution in [0.15, 0.2) is 24.5 Å². The minimum atomic E-state index is -1.21. The van der Waals surface area contributed by atoms with Crippen LogP contribution in [0.25, 0.3) is 0 Å². The first-order chi connectivity index (χ1) is 12.0. The molecule has 1 amide bonds. The van der Waals surface area contributed by atoms with Crippen LogP contribution in [0.5, 0.6) is 17.2 Å². The van der Waals surface area contributed by atoms with Gasteiger partial charge in [-0.15, -0.1) is 0 Å². The Balaban J connectivity index is 2.15. The number of carboxylic acids is 1. The topological polar surface area (TPSA) is 120 Å². The molecule has 132 valence electrons. The highest BCUT2D eigenvalue weighted by molar-refractivity contribution is 5.92. The van der Waals surface area contributed by atoms with E-state index in [9.17, 15) is 9.59 Å². The Morgan fingerprint density at radius 3 is 2.16 bits per heavy atom. The normalized spacial score (nSPS) is 10.0. The monoisotopic (exact) mass is 347 g/mol.